The van der Waals surface area contributed by atoms with Gasteiger partial charge < -0.3 is 0 Å². The molecule has 0 saturated carbocycles. The van der Waals surface area contributed by atoms with Crippen molar-refractivity contribution >= 4 is 116 Å². The SMILES string of the molecule is c1cc2sc(-c3ccc4c(c3)sc3sc5cc(-c6cc7sccc7s6)ccc5c34)cc2s1. The first-order valence-corrected chi connectivity index (χ1v) is 15.2. The molecule has 6 heteroatoms. The molecule has 0 aliphatic rings. The lowest BCUT2D eigenvalue weighted by Crippen LogP contribution is -1.73. The Morgan fingerprint density at radius 2 is 0.969 bits per heavy atom. The van der Waals surface area contributed by atoms with Crippen molar-refractivity contribution in [3.05, 3.63) is 71.4 Å². The van der Waals surface area contributed by atoms with Crippen LogP contribution in [-0.4, -0.2) is 0 Å². The maximum atomic E-state index is 2.39. The Labute approximate surface area is 207 Å². The molecule has 0 fully saturated rings. The molecule has 0 N–H and O–H groups in total. The summed E-state index contributed by atoms with van der Waals surface area (Å²) in [7, 11) is 0. The van der Waals surface area contributed by atoms with Crippen LogP contribution in [-0.2, 0) is 0 Å². The van der Waals surface area contributed by atoms with Gasteiger partial charge in [0.25, 0.3) is 0 Å². The Kier molecular flexibility index (Phi) is 3.86. The molecular formula is C26H12S6. The molecule has 0 spiro atoms. The van der Waals surface area contributed by atoms with Crippen molar-refractivity contribution in [3.63, 3.8) is 0 Å². The van der Waals surface area contributed by atoms with E-state index in [4.69, 9.17) is 0 Å². The lowest BCUT2D eigenvalue weighted by atomic mass is 10.1. The topological polar surface area (TPSA) is 0 Å². The van der Waals surface area contributed by atoms with Crippen LogP contribution in [0.4, 0.5) is 0 Å². The van der Waals surface area contributed by atoms with E-state index in [1.807, 2.05) is 68.0 Å². The summed E-state index contributed by atoms with van der Waals surface area (Å²) in [6, 6.07) is 23.2. The summed E-state index contributed by atoms with van der Waals surface area (Å²) < 4.78 is 9.79. The lowest BCUT2D eigenvalue weighted by molar-refractivity contribution is 1.82. The Morgan fingerprint density at radius 3 is 1.47 bits per heavy atom. The quantitative estimate of drug-likeness (QED) is 0.214. The van der Waals surface area contributed by atoms with Gasteiger partial charge in [-0.3, -0.25) is 0 Å². The van der Waals surface area contributed by atoms with Crippen molar-refractivity contribution < 1.29 is 0 Å². The van der Waals surface area contributed by atoms with Crippen LogP contribution in [0, 0.1) is 0 Å². The summed E-state index contributed by atoms with van der Waals surface area (Å²) in [6.45, 7) is 0. The Bertz CT molecular complexity index is 1750. The highest BCUT2D eigenvalue weighted by molar-refractivity contribution is 7.44. The number of thiophene rings is 6. The molecule has 32 heavy (non-hydrogen) atoms. The van der Waals surface area contributed by atoms with Crippen molar-refractivity contribution in [2.45, 2.75) is 0 Å². The van der Waals surface area contributed by atoms with E-state index in [9.17, 15) is 0 Å². The van der Waals surface area contributed by atoms with E-state index >= 15 is 0 Å². The highest BCUT2D eigenvalue weighted by atomic mass is 32.2. The monoisotopic (exact) mass is 516 g/mol. The first-order chi connectivity index (χ1) is 15.8. The number of fused-ring (bicyclic) bond motifs is 7. The first-order valence-electron chi connectivity index (χ1n) is 10.1. The van der Waals surface area contributed by atoms with Gasteiger partial charge in [0.05, 0.1) is 4.01 Å². The van der Waals surface area contributed by atoms with E-state index in [0.29, 0.717) is 0 Å². The Balaban J connectivity index is 1.27. The first kappa shape index (κ1) is 18.4. The largest absolute Gasteiger partial charge is 0.143 e. The van der Waals surface area contributed by atoms with Crippen LogP contribution >= 0.6 is 68.0 Å². The molecule has 6 heterocycles. The molecule has 0 amide bonds. The molecule has 0 radical (unpaired) electrons. The summed E-state index contributed by atoms with van der Waals surface area (Å²) in [6.07, 6.45) is 0. The maximum Gasteiger partial charge on any atom is 0.0890 e. The highest BCUT2D eigenvalue weighted by Gasteiger charge is 2.15. The van der Waals surface area contributed by atoms with E-state index < -0.39 is 0 Å². The van der Waals surface area contributed by atoms with E-state index in [-0.39, 0.29) is 0 Å². The molecule has 0 unspecified atom stereocenters. The van der Waals surface area contributed by atoms with E-state index in [1.165, 1.54) is 69.3 Å². The fourth-order valence-corrected chi connectivity index (χ4v) is 11.3. The average molecular weight is 517 g/mol. The summed E-state index contributed by atoms with van der Waals surface area (Å²) >= 11 is 11.3. The van der Waals surface area contributed by atoms with Crippen molar-refractivity contribution in [2.24, 2.45) is 0 Å². The predicted octanol–water partition coefficient (Wildman–Crippen LogP) is 11.2. The molecule has 8 aromatic rings. The smallest absolute Gasteiger partial charge is 0.0890 e. The molecule has 0 aliphatic carbocycles. The molecule has 0 aliphatic heterocycles. The molecule has 152 valence electrons. The third-order valence-corrected chi connectivity index (χ3v) is 12.6. The predicted molar refractivity (Wildman–Crippen MR) is 152 cm³/mol. The number of hydrogen-bond acceptors (Lipinski definition) is 6. The van der Waals surface area contributed by atoms with E-state index in [2.05, 4.69) is 71.4 Å². The maximum absolute atomic E-state index is 2.39. The van der Waals surface area contributed by atoms with Gasteiger partial charge in [-0.2, -0.15) is 0 Å². The normalized spacial score (nSPS) is 12.4. The van der Waals surface area contributed by atoms with Gasteiger partial charge in [0.1, 0.15) is 0 Å². The van der Waals surface area contributed by atoms with Gasteiger partial charge in [0.2, 0.25) is 0 Å². The molecule has 8 rings (SSSR count). The minimum Gasteiger partial charge on any atom is -0.143 e. The third-order valence-electron chi connectivity index (χ3n) is 5.96. The summed E-state index contributed by atoms with van der Waals surface area (Å²) in [5.74, 6) is 0. The minimum absolute atomic E-state index is 1.34. The van der Waals surface area contributed by atoms with Gasteiger partial charge in [0.15, 0.2) is 0 Å². The number of benzene rings is 2. The number of rotatable bonds is 2. The van der Waals surface area contributed by atoms with Gasteiger partial charge in [-0.1, -0.05) is 24.3 Å². The fourth-order valence-electron chi connectivity index (χ4n) is 4.44. The zero-order valence-electron chi connectivity index (χ0n) is 16.4. The summed E-state index contributed by atoms with van der Waals surface area (Å²) in [5.41, 5.74) is 2.67. The van der Waals surface area contributed by atoms with Gasteiger partial charge >= 0.3 is 0 Å². The van der Waals surface area contributed by atoms with Crippen LogP contribution in [0.2, 0.25) is 0 Å². The lowest BCUT2D eigenvalue weighted by Gasteiger charge is -2.00. The molecule has 6 aromatic heterocycles. The second kappa shape index (κ2) is 6.73. The molecule has 0 nitrogen and oxygen atoms in total. The minimum atomic E-state index is 1.34. The van der Waals surface area contributed by atoms with E-state index in [0.717, 1.165) is 0 Å². The molecule has 0 atom stereocenters. The van der Waals surface area contributed by atoms with Crippen LogP contribution in [0.1, 0.15) is 0 Å². The van der Waals surface area contributed by atoms with Gasteiger partial charge in [-0.05, 0) is 58.3 Å². The van der Waals surface area contributed by atoms with Crippen LogP contribution in [0.5, 0.6) is 0 Å². The second-order valence-corrected chi connectivity index (χ2v) is 14.2. The van der Waals surface area contributed by atoms with Gasteiger partial charge in [-0.15, -0.1) is 68.0 Å². The van der Waals surface area contributed by atoms with Gasteiger partial charge in [0, 0.05) is 54.1 Å². The van der Waals surface area contributed by atoms with E-state index in [1.54, 1.807) is 0 Å². The van der Waals surface area contributed by atoms with Crippen LogP contribution < -0.4 is 0 Å². The van der Waals surface area contributed by atoms with Crippen LogP contribution in [0.25, 0.3) is 69.3 Å². The average Bonchev–Trinajstić information content (AvgIpc) is 3.59. The van der Waals surface area contributed by atoms with Crippen LogP contribution in [0.15, 0.2) is 71.4 Å². The van der Waals surface area contributed by atoms with Gasteiger partial charge in [-0.25, -0.2) is 0 Å². The standard InChI is InChI=1S/C26H12S6/c1-3-15-21(9-13(1)19-11-23-17(29-19)5-7-27-23)31-26-25(15)16-4-2-14(10-22(16)32-26)20-12-24-18(30-20)6-8-28-24/h1-12H. The molecule has 2 aromatic carbocycles. The number of hydrogen-bond donors (Lipinski definition) is 0. The van der Waals surface area contributed by atoms with Crippen molar-refractivity contribution in [2.75, 3.05) is 0 Å². The zero-order chi connectivity index (χ0) is 20.8. The molecular weight excluding hydrogens is 505 g/mol. The highest BCUT2D eigenvalue weighted by Crippen LogP contribution is 2.47. The summed E-state index contributed by atoms with van der Waals surface area (Å²) in [5, 5.41) is 8.58. The molecule has 0 bridgehead atoms. The van der Waals surface area contributed by atoms with Crippen molar-refractivity contribution in [1.29, 1.82) is 0 Å². The Hall–Kier alpha value is -2.06. The Morgan fingerprint density at radius 1 is 0.438 bits per heavy atom. The van der Waals surface area contributed by atoms with Crippen LogP contribution in [0.3, 0.4) is 0 Å². The second-order valence-electron chi connectivity index (χ2n) is 7.81. The third kappa shape index (κ3) is 2.62. The summed E-state index contributed by atoms with van der Waals surface area (Å²) in [4.78, 5) is 2.74. The zero-order valence-corrected chi connectivity index (χ0v) is 21.3. The fraction of sp³-hybridized carbons (Fsp3) is 0. The van der Waals surface area contributed by atoms with Crippen molar-refractivity contribution in [3.8, 4) is 20.9 Å². The molecule has 0 saturated heterocycles. The van der Waals surface area contributed by atoms with Crippen molar-refractivity contribution in [1.82, 2.24) is 0 Å².